The summed E-state index contributed by atoms with van der Waals surface area (Å²) in [5, 5.41) is 4.44. The van der Waals surface area contributed by atoms with Crippen LogP contribution in [0.5, 0.6) is 0 Å². The van der Waals surface area contributed by atoms with Crippen LogP contribution < -0.4 is 15.2 Å². The lowest BCUT2D eigenvalue weighted by Crippen LogP contribution is -3.15. The van der Waals surface area contributed by atoms with Gasteiger partial charge < -0.3 is 9.80 Å². The lowest BCUT2D eigenvalue weighted by Gasteiger charge is -2.33. The first-order valence-electron chi connectivity index (χ1n) is 10.4. The zero-order valence-corrected chi connectivity index (χ0v) is 16.4. The summed E-state index contributed by atoms with van der Waals surface area (Å²) < 4.78 is 0. The largest absolute Gasteiger partial charge is 0.360 e. The summed E-state index contributed by atoms with van der Waals surface area (Å²) in [5.74, 6) is 0.0218. The van der Waals surface area contributed by atoms with Crippen molar-refractivity contribution in [3.05, 3.63) is 65.7 Å². The predicted octanol–water partition coefficient (Wildman–Crippen LogP) is 1.64. The number of benzene rings is 2. The minimum absolute atomic E-state index is 0.0218. The lowest BCUT2D eigenvalue weighted by molar-refractivity contribution is -0.900. The molecule has 1 saturated heterocycles. The Labute approximate surface area is 167 Å². The Morgan fingerprint density at radius 1 is 1.00 bits per heavy atom. The number of quaternary nitrogens is 1. The molecule has 1 amide bonds. The number of amides is 1. The van der Waals surface area contributed by atoms with Crippen molar-refractivity contribution in [2.24, 2.45) is 5.10 Å². The van der Waals surface area contributed by atoms with E-state index in [9.17, 15) is 4.79 Å². The summed E-state index contributed by atoms with van der Waals surface area (Å²) >= 11 is 0. The SMILES string of the molecule is O=C(CC[NH+]1CCN(c2ccccc2)CC1)NN=C1CCCc2ccccc21. The second-order valence-electron chi connectivity index (χ2n) is 7.68. The lowest BCUT2D eigenvalue weighted by atomic mass is 9.90. The van der Waals surface area contributed by atoms with Gasteiger partial charge in [0.15, 0.2) is 0 Å². The summed E-state index contributed by atoms with van der Waals surface area (Å²) in [7, 11) is 0. The van der Waals surface area contributed by atoms with Crippen molar-refractivity contribution in [1.29, 1.82) is 0 Å². The topological polar surface area (TPSA) is 49.1 Å². The molecule has 2 aliphatic rings. The van der Waals surface area contributed by atoms with Crippen molar-refractivity contribution in [1.82, 2.24) is 5.43 Å². The van der Waals surface area contributed by atoms with Crippen LogP contribution in [0.3, 0.4) is 0 Å². The van der Waals surface area contributed by atoms with E-state index in [4.69, 9.17) is 0 Å². The first kappa shape index (κ1) is 18.7. The molecule has 5 nitrogen and oxygen atoms in total. The average Bonchev–Trinajstić information content (AvgIpc) is 2.77. The number of piperazine rings is 1. The number of carbonyl (C=O) groups excluding carboxylic acids is 1. The number of rotatable bonds is 5. The number of hydrogen-bond acceptors (Lipinski definition) is 3. The van der Waals surface area contributed by atoms with E-state index in [0.717, 1.165) is 57.7 Å². The fourth-order valence-electron chi connectivity index (χ4n) is 4.16. The van der Waals surface area contributed by atoms with Crippen LogP contribution in [0.2, 0.25) is 0 Å². The normalized spacial score (nSPS) is 18.7. The van der Waals surface area contributed by atoms with E-state index in [0.29, 0.717) is 6.42 Å². The average molecular weight is 378 g/mol. The van der Waals surface area contributed by atoms with Crippen molar-refractivity contribution in [2.75, 3.05) is 37.6 Å². The fraction of sp³-hybridized carbons (Fsp3) is 0.391. The standard InChI is InChI=1S/C23H28N4O/c28-23(25-24-22-12-6-8-19-7-4-5-11-21(19)22)13-14-26-15-17-27(18-16-26)20-9-2-1-3-10-20/h1-5,7,9-11H,6,8,12-18H2,(H,25,28)/p+1. The number of para-hydroxylation sites is 1. The molecule has 5 heteroatoms. The van der Waals surface area contributed by atoms with Crippen LogP contribution in [0.1, 0.15) is 30.4 Å². The molecule has 0 radical (unpaired) electrons. The molecule has 28 heavy (non-hydrogen) atoms. The van der Waals surface area contributed by atoms with Gasteiger partial charge in [-0.3, -0.25) is 4.79 Å². The van der Waals surface area contributed by atoms with E-state index in [1.165, 1.54) is 21.7 Å². The molecule has 4 rings (SSSR count). The number of hydrogen-bond donors (Lipinski definition) is 2. The summed E-state index contributed by atoms with van der Waals surface area (Å²) in [5.41, 5.74) is 7.63. The Balaban J connectivity index is 1.23. The highest BCUT2D eigenvalue weighted by molar-refractivity contribution is 6.03. The second-order valence-corrected chi connectivity index (χ2v) is 7.68. The van der Waals surface area contributed by atoms with Crippen molar-refractivity contribution >= 4 is 17.3 Å². The van der Waals surface area contributed by atoms with Gasteiger partial charge in [0.2, 0.25) is 5.91 Å². The Morgan fingerprint density at radius 2 is 1.75 bits per heavy atom. The number of hydrazone groups is 1. The third kappa shape index (κ3) is 4.60. The zero-order valence-electron chi connectivity index (χ0n) is 16.4. The third-order valence-corrected chi connectivity index (χ3v) is 5.80. The molecule has 0 spiro atoms. The highest BCUT2D eigenvalue weighted by Gasteiger charge is 2.21. The van der Waals surface area contributed by atoms with Gasteiger partial charge in [-0.05, 0) is 37.0 Å². The van der Waals surface area contributed by atoms with E-state index in [1.54, 1.807) is 0 Å². The molecule has 1 aliphatic carbocycles. The highest BCUT2D eigenvalue weighted by atomic mass is 16.2. The maximum atomic E-state index is 12.3. The van der Waals surface area contributed by atoms with Gasteiger partial charge >= 0.3 is 0 Å². The molecular weight excluding hydrogens is 348 g/mol. The summed E-state index contributed by atoms with van der Waals surface area (Å²) in [6.45, 7) is 5.10. The molecule has 1 heterocycles. The summed E-state index contributed by atoms with van der Waals surface area (Å²) in [4.78, 5) is 16.2. The molecule has 0 unspecified atom stereocenters. The maximum Gasteiger partial charge on any atom is 0.245 e. The van der Waals surface area contributed by atoms with Crippen molar-refractivity contribution in [2.45, 2.75) is 25.7 Å². The second kappa shape index (κ2) is 9.02. The van der Waals surface area contributed by atoms with Gasteiger partial charge in [0.1, 0.15) is 0 Å². The van der Waals surface area contributed by atoms with E-state index in [2.05, 4.69) is 64.0 Å². The Morgan fingerprint density at radius 3 is 2.57 bits per heavy atom. The van der Waals surface area contributed by atoms with Gasteiger partial charge in [0.25, 0.3) is 0 Å². The fourth-order valence-corrected chi connectivity index (χ4v) is 4.16. The Bertz CT molecular complexity index is 826. The molecule has 0 aromatic heterocycles. The molecule has 2 aromatic rings. The highest BCUT2D eigenvalue weighted by Crippen LogP contribution is 2.21. The van der Waals surface area contributed by atoms with Gasteiger partial charge in [-0.25, -0.2) is 5.43 Å². The van der Waals surface area contributed by atoms with E-state index < -0.39 is 0 Å². The summed E-state index contributed by atoms with van der Waals surface area (Å²) in [6, 6.07) is 18.9. The summed E-state index contributed by atoms with van der Waals surface area (Å²) in [6.07, 6.45) is 3.66. The minimum atomic E-state index is 0.0218. The van der Waals surface area contributed by atoms with Crippen LogP contribution in [-0.4, -0.2) is 44.3 Å². The van der Waals surface area contributed by atoms with Crippen molar-refractivity contribution in [3.63, 3.8) is 0 Å². The number of carbonyl (C=O) groups is 1. The van der Waals surface area contributed by atoms with Gasteiger partial charge in [0.05, 0.1) is 44.9 Å². The van der Waals surface area contributed by atoms with Crippen molar-refractivity contribution in [3.8, 4) is 0 Å². The van der Waals surface area contributed by atoms with Crippen LogP contribution in [-0.2, 0) is 11.2 Å². The van der Waals surface area contributed by atoms with Gasteiger partial charge in [-0.2, -0.15) is 5.10 Å². The van der Waals surface area contributed by atoms with E-state index in [-0.39, 0.29) is 5.91 Å². The van der Waals surface area contributed by atoms with Gasteiger partial charge in [-0.1, -0.05) is 42.5 Å². The quantitative estimate of drug-likeness (QED) is 0.779. The number of anilines is 1. The number of aryl methyl sites for hydroxylation is 1. The smallest absolute Gasteiger partial charge is 0.245 e. The Kier molecular flexibility index (Phi) is 6.02. The molecule has 146 valence electrons. The van der Waals surface area contributed by atoms with Crippen molar-refractivity contribution < 1.29 is 9.69 Å². The van der Waals surface area contributed by atoms with Crippen LogP contribution in [0.4, 0.5) is 5.69 Å². The number of nitrogens with one attached hydrogen (secondary N) is 2. The third-order valence-electron chi connectivity index (χ3n) is 5.80. The predicted molar refractivity (Wildman–Crippen MR) is 113 cm³/mol. The molecule has 2 N–H and O–H groups in total. The molecule has 1 aliphatic heterocycles. The van der Waals surface area contributed by atoms with Crippen LogP contribution in [0.25, 0.3) is 0 Å². The zero-order chi connectivity index (χ0) is 19.2. The Hall–Kier alpha value is -2.66. The minimum Gasteiger partial charge on any atom is -0.360 e. The van der Waals surface area contributed by atoms with Crippen LogP contribution >= 0.6 is 0 Å². The van der Waals surface area contributed by atoms with Crippen LogP contribution in [0.15, 0.2) is 59.7 Å². The number of nitrogens with zero attached hydrogens (tertiary/aromatic N) is 2. The van der Waals surface area contributed by atoms with Gasteiger partial charge in [0, 0.05) is 11.3 Å². The first-order chi connectivity index (χ1) is 13.8. The van der Waals surface area contributed by atoms with E-state index >= 15 is 0 Å². The molecular formula is C23H29N4O+. The first-order valence-corrected chi connectivity index (χ1v) is 10.4. The molecule has 2 aromatic carbocycles. The maximum absolute atomic E-state index is 12.3. The molecule has 0 atom stereocenters. The molecule has 1 fully saturated rings. The van der Waals surface area contributed by atoms with Gasteiger partial charge in [-0.15, -0.1) is 0 Å². The van der Waals surface area contributed by atoms with Crippen LogP contribution in [0, 0.1) is 0 Å². The monoisotopic (exact) mass is 377 g/mol. The van der Waals surface area contributed by atoms with E-state index in [1.807, 2.05) is 6.07 Å². The number of fused-ring (bicyclic) bond motifs is 1. The molecule has 0 bridgehead atoms. The molecule has 0 saturated carbocycles.